The first-order valence-corrected chi connectivity index (χ1v) is 30.5. The Hall–Kier alpha value is -5.90. The first-order chi connectivity index (χ1) is 30.8. The van der Waals surface area contributed by atoms with E-state index in [0.29, 0.717) is 5.92 Å². The summed E-state index contributed by atoms with van der Waals surface area (Å²) in [5.74, 6) is 2.90. The number of nitrogens with zero attached hydrogens (tertiary/aromatic N) is 4. The van der Waals surface area contributed by atoms with Gasteiger partial charge in [-0.05, 0) is 100 Å². The number of pyridine rings is 1. The molecule has 324 valence electrons. The lowest BCUT2D eigenvalue weighted by molar-refractivity contribution is 0.345. The lowest BCUT2D eigenvalue weighted by atomic mass is 9.65. The number of anilines is 4. The van der Waals surface area contributed by atoms with Crippen molar-refractivity contribution in [2.24, 2.45) is 0 Å². The van der Waals surface area contributed by atoms with E-state index in [1.165, 1.54) is 74.2 Å². The Balaban J connectivity index is 1.06. The Bertz CT molecular complexity index is 2970. The SMILES string of the molecule is CC(C)c1cc(Oc2ccc3c4ccccc4n(-c4cc(C5(c6ccccc6)CCCCC5)ccn4)c3c2)cc(N2CN(c3c([Si](C)(C)C)cccc3[Si](C)(C)C)c3ccccc32)c1. The number of para-hydroxylation sites is 4. The molecule has 0 spiro atoms. The van der Waals surface area contributed by atoms with Crippen LogP contribution in [0.1, 0.15) is 68.6 Å². The molecule has 5 nitrogen and oxygen atoms in total. The van der Waals surface area contributed by atoms with E-state index in [9.17, 15) is 0 Å². The molecule has 1 fully saturated rings. The van der Waals surface area contributed by atoms with Crippen LogP contribution in [0.5, 0.6) is 11.5 Å². The van der Waals surface area contributed by atoms with E-state index >= 15 is 0 Å². The number of benzene rings is 6. The minimum absolute atomic E-state index is 0.0232. The maximum Gasteiger partial charge on any atom is 0.137 e. The molecule has 64 heavy (non-hydrogen) atoms. The van der Waals surface area contributed by atoms with Crippen LogP contribution in [0, 0.1) is 0 Å². The largest absolute Gasteiger partial charge is 0.457 e. The van der Waals surface area contributed by atoms with Crippen LogP contribution in [-0.2, 0) is 5.41 Å². The van der Waals surface area contributed by atoms with Crippen LogP contribution in [0.15, 0.2) is 152 Å². The van der Waals surface area contributed by atoms with Crippen molar-refractivity contribution in [3.8, 4) is 17.3 Å². The van der Waals surface area contributed by atoms with Crippen molar-refractivity contribution in [3.63, 3.8) is 0 Å². The van der Waals surface area contributed by atoms with Crippen LogP contribution >= 0.6 is 0 Å². The predicted octanol–water partition coefficient (Wildman–Crippen LogP) is 14.7. The second-order valence-electron chi connectivity index (χ2n) is 20.6. The van der Waals surface area contributed by atoms with Crippen molar-refractivity contribution in [3.05, 3.63) is 168 Å². The molecule has 3 heterocycles. The highest BCUT2D eigenvalue weighted by atomic mass is 28.3. The van der Waals surface area contributed by atoms with Crippen LogP contribution < -0.4 is 24.9 Å². The van der Waals surface area contributed by atoms with Crippen molar-refractivity contribution < 1.29 is 4.74 Å². The Kier molecular flexibility index (Phi) is 10.7. The summed E-state index contributed by atoms with van der Waals surface area (Å²) in [6, 6.07) is 54.0. The molecule has 7 heteroatoms. The van der Waals surface area contributed by atoms with Gasteiger partial charge in [0, 0.05) is 45.9 Å². The molecular weight excluding hydrogens is 813 g/mol. The van der Waals surface area contributed by atoms with Gasteiger partial charge >= 0.3 is 0 Å². The lowest BCUT2D eigenvalue weighted by Crippen LogP contribution is -2.50. The zero-order valence-electron chi connectivity index (χ0n) is 39.0. The first-order valence-electron chi connectivity index (χ1n) is 23.5. The third-order valence-electron chi connectivity index (χ3n) is 14.0. The van der Waals surface area contributed by atoms with E-state index in [4.69, 9.17) is 9.72 Å². The highest BCUT2D eigenvalue weighted by Gasteiger charge is 2.38. The molecule has 0 N–H and O–H groups in total. The quantitative estimate of drug-likeness (QED) is 0.128. The Morgan fingerprint density at radius 2 is 1.22 bits per heavy atom. The topological polar surface area (TPSA) is 33.5 Å². The fraction of sp³-hybridized carbons (Fsp3) is 0.281. The zero-order chi connectivity index (χ0) is 44.4. The number of hydrogen-bond donors (Lipinski definition) is 0. The minimum Gasteiger partial charge on any atom is -0.457 e. The normalized spacial score (nSPS) is 15.3. The molecule has 1 aliphatic carbocycles. The monoisotopic (exact) mass is 874 g/mol. The summed E-state index contributed by atoms with van der Waals surface area (Å²) < 4.78 is 9.37. The third-order valence-corrected chi connectivity index (χ3v) is 18.0. The van der Waals surface area contributed by atoms with E-state index in [2.05, 4.69) is 213 Å². The Labute approximate surface area is 382 Å². The molecule has 0 atom stereocenters. The summed E-state index contributed by atoms with van der Waals surface area (Å²) >= 11 is 0. The highest BCUT2D eigenvalue weighted by Crippen LogP contribution is 2.48. The summed E-state index contributed by atoms with van der Waals surface area (Å²) in [4.78, 5) is 10.2. The van der Waals surface area contributed by atoms with Gasteiger partial charge in [-0.2, -0.15) is 0 Å². The predicted molar refractivity (Wildman–Crippen MR) is 277 cm³/mol. The van der Waals surface area contributed by atoms with Gasteiger partial charge in [-0.3, -0.25) is 4.57 Å². The number of ether oxygens (including phenoxy) is 1. The molecule has 0 unspecified atom stereocenters. The minimum atomic E-state index is -1.70. The molecule has 0 amide bonds. The van der Waals surface area contributed by atoms with Gasteiger partial charge in [0.2, 0.25) is 0 Å². The summed E-state index contributed by atoms with van der Waals surface area (Å²) in [5, 5.41) is 5.46. The molecule has 10 rings (SSSR count). The molecule has 2 aromatic heterocycles. The number of rotatable bonds is 10. The van der Waals surface area contributed by atoms with Crippen LogP contribution in [-0.4, -0.2) is 32.4 Å². The Morgan fingerprint density at radius 1 is 0.562 bits per heavy atom. The summed E-state index contributed by atoms with van der Waals surface area (Å²) in [6.07, 6.45) is 8.08. The maximum absolute atomic E-state index is 7.02. The van der Waals surface area contributed by atoms with Gasteiger partial charge < -0.3 is 14.5 Å². The molecule has 0 radical (unpaired) electrons. The van der Waals surface area contributed by atoms with Gasteiger partial charge in [-0.15, -0.1) is 0 Å². The van der Waals surface area contributed by atoms with E-state index in [0.717, 1.165) is 53.5 Å². The van der Waals surface area contributed by atoms with E-state index in [1.807, 2.05) is 6.20 Å². The highest BCUT2D eigenvalue weighted by molar-refractivity contribution is 6.93. The standard InChI is InChI=1S/C57H62N4OSi2/c1-40(2)41-34-44(59-39-60(51-25-16-15-24-50(51)59)56-53(63(3,4)5)26-19-27-54(56)64(6,7)8)37-46(35-41)62-45-28-29-48-47-22-13-14-23-49(47)61(52(48)38-45)55-36-43(30-33-58-55)57(31-17-10-18-32-57)42-20-11-9-12-21-42/h9,11-16,19-30,33-38,40H,10,17-18,31-32,39H2,1-8H3. The second kappa shape index (κ2) is 16.3. The van der Waals surface area contributed by atoms with Crippen molar-refractivity contribution in [1.29, 1.82) is 0 Å². The smallest absolute Gasteiger partial charge is 0.137 e. The molecule has 1 saturated carbocycles. The van der Waals surface area contributed by atoms with Crippen molar-refractivity contribution in [1.82, 2.24) is 9.55 Å². The zero-order valence-corrected chi connectivity index (χ0v) is 41.0. The maximum atomic E-state index is 7.02. The van der Waals surface area contributed by atoms with E-state index < -0.39 is 16.1 Å². The fourth-order valence-electron chi connectivity index (χ4n) is 10.7. The molecule has 8 aromatic rings. The summed E-state index contributed by atoms with van der Waals surface area (Å²) in [7, 11) is -3.41. The van der Waals surface area contributed by atoms with Gasteiger partial charge in [0.15, 0.2) is 0 Å². The third kappa shape index (κ3) is 7.46. The van der Waals surface area contributed by atoms with Crippen molar-refractivity contribution in [2.45, 2.75) is 96.6 Å². The van der Waals surface area contributed by atoms with E-state index in [-0.39, 0.29) is 5.41 Å². The van der Waals surface area contributed by atoms with Crippen molar-refractivity contribution in [2.75, 3.05) is 16.5 Å². The van der Waals surface area contributed by atoms with E-state index in [1.54, 1.807) is 0 Å². The average Bonchev–Trinajstić information content (AvgIpc) is 3.85. The lowest BCUT2D eigenvalue weighted by Gasteiger charge is -2.38. The van der Waals surface area contributed by atoms with Gasteiger partial charge in [-0.25, -0.2) is 4.98 Å². The molecule has 0 bridgehead atoms. The van der Waals surface area contributed by atoms with Crippen molar-refractivity contribution >= 4 is 71.1 Å². The molecule has 6 aromatic carbocycles. The second-order valence-corrected chi connectivity index (χ2v) is 30.7. The first kappa shape index (κ1) is 42.1. The Morgan fingerprint density at radius 3 is 1.92 bits per heavy atom. The molecular formula is C57H62N4OSi2. The van der Waals surface area contributed by atoms with Gasteiger partial charge in [0.05, 0.1) is 38.6 Å². The summed E-state index contributed by atoms with van der Waals surface area (Å²) in [6.45, 7) is 20.2. The van der Waals surface area contributed by atoms with Gasteiger partial charge in [0.1, 0.15) is 24.0 Å². The van der Waals surface area contributed by atoms with Crippen LogP contribution in [0.4, 0.5) is 22.7 Å². The average molecular weight is 875 g/mol. The van der Waals surface area contributed by atoms with Crippen LogP contribution in [0.2, 0.25) is 39.3 Å². The summed E-state index contributed by atoms with van der Waals surface area (Å²) in [5.41, 5.74) is 11.3. The number of aromatic nitrogens is 2. The molecule has 2 aliphatic rings. The van der Waals surface area contributed by atoms with Crippen LogP contribution in [0.25, 0.3) is 27.6 Å². The number of hydrogen-bond acceptors (Lipinski definition) is 4. The van der Waals surface area contributed by atoms with Crippen LogP contribution in [0.3, 0.4) is 0 Å². The number of fused-ring (bicyclic) bond motifs is 4. The molecule has 0 saturated heterocycles. The van der Waals surface area contributed by atoms with Gasteiger partial charge in [-0.1, -0.05) is 151 Å². The molecule has 1 aliphatic heterocycles. The van der Waals surface area contributed by atoms with Gasteiger partial charge in [0.25, 0.3) is 0 Å². The fourth-order valence-corrected chi connectivity index (χ4v) is 14.0.